The minimum absolute atomic E-state index is 0.0184. The molecule has 1 aliphatic rings. The molecule has 7 heteroatoms. The Morgan fingerprint density at radius 2 is 1.92 bits per heavy atom. The highest BCUT2D eigenvalue weighted by Gasteiger charge is 2.19. The SMILES string of the molecule is O=[N+]([O-])c1ccc(NC2CCN(Cc3ccc(Br)cc3)CC2)nc1. The first kappa shape index (κ1) is 16.9. The first-order valence-electron chi connectivity index (χ1n) is 7.94. The summed E-state index contributed by atoms with van der Waals surface area (Å²) < 4.78 is 1.10. The molecular weight excluding hydrogens is 372 g/mol. The van der Waals surface area contributed by atoms with Crippen molar-refractivity contribution in [3.8, 4) is 0 Å². The Morgan fingerprint density at radius 3 is 2.50 bits per heavy atom. The summed E-state index contributed by atoms with van der Waals surface area (Å²) in [5.74, 6) is 0.701. The normalized spacial score (nSPS) is 16.0. The highest BCUT2D eigenvalue weighted by Crippen LogP contribution is 2.19. The van der Waals surface area contributed by atoms with Crippen molar-refractivity contribution in [2.45, 2.75) is 25.4 Å². The van der Waals surface area contributed by atoms with Crippen molar-refractivity contribution in [3.05, 3.63) is 62.7 Å². The summed E-state index contributed by atoms with van der Waals surface area (Å²) in [6, 6.07) is 12.0. The van der Waals surface area contributed by atoms with Crippen LogP contribution < -0.4 is 5.32 Å². The van der Waals surface area contributed by atoms with Crippen LogP contribution in [0.2, 0.25) is 0 Å². The number of pyridine rings is 1. The van der Waals surface area contributed by atoms with Gasteiger partial charge in [-0.2, -0.15) is 0 Å². The van der Waals surface area contributed by atoms with E-state index >= 15 is 0 Å². The van der Waals surface area contributed by atoms with E-state index < -0.39 is 4.92 Å². The van der Waals surface area contributed by atoms with Crippen LogP contribution in [-0.4, -0.2) is 33.9 Å². The average Bonchev–Trinajstić information content (AvgIpc) is 2.59. The van der Waals surface area contributed by atoms with Crippen molar-refractivity contribution >= 4 is 27.4 Å². The average molecular weight is 391 g/mol. The number of anilines is 1. The number of piperidine rings is 1. The van der Waals surface area contributed by atoms with Gasteiger partial charge in [-0.25, -0.2) is 4.98 Å². The maximum absolute atomic E-state index is 10.6. The zero-order valence-corrected chi connectivity index (χ0v) is 14.8. The summed E-state index contributed by atoms with van der Waals surface area (Å²) in [4.78, 5) is 16.8. The number of hydrogen-bond donors (Lipinski definition) is 1. The molecule has 1 aromatic carbocycles. The monoisotopic (exact) mass is 390 g/mol. The summed E-state index contributed by atoms with van der Waals surface area (Å²) in [5, 5.41) is 14.0. The van der Waals surface area contributed by atoms with Crippen LogP contribution in [0.15, 0.2) is 47.1 Å². The number of halogens is 1. The third kappa shape index (κ3) is 4.52. The molecule has 0 amide bonds. The first-order valence-corrected chi connectivity index (χ1v) is 8.73. The van der Waals surface area contributed by atoms with Crippen LogP contribution in [0.25, 0.3) is 0 Å². The lowest BCUT2D eigenvalue weighted by atomic mass is 10.0. The first-order chi connectivity index (χ1) is 11.6. The van der Waals surface area contributed by atoms with Gasteiger partial charge in [-0.05, 0) is 36.6 Å². The fourth-order valence-corrected chi connectivity index (χ4v) is 3.14. The summed E-state index contributed by atoms with van der Waals surface area (Å²) >= 11 is 3.46. The maximum Gasteiger partial charge on any atom is 0.287 e. The van der Waals surface area contributed by atoms with Crippen molar-refractivity contribution in [1.29, 1.82) is 0 Å². The van der Waals surface area contributed by atoms with Crippen LogP contribution in [0.3, 0.4) is 0 Å². The zero-order valence-electron chi connectivity index (χ0n) is 13.2. The molecule has 2 heterocycles. The molecular formula is C17H19BrN4O2. The van der Waals surface area contributed by atoms with Crippen molar-refractivity contribution in [2.75, 3.05) is 18.4 Å². The molecule has 0 aliphatic carbocycles. The molecule has 126 valence electrons. The molecule has 0 radical (unpaired) electrons. The van der Waals surface area contributed by atoms with Crippen LogP contribution in [-0.2, 0) is 6.54 Å². The maximum atomic E-state index is 10.6. The third-order valence-electron chi connectivity index (χ3n) is 4.22. The van der Waals surface area contributed by atoms with Crippen LogP contribution in [0.5, 0.6) is 0 Å². The second-order valence-electron chi connectivity index (χ2n) is 5.98. The Kier molecular flexibility index (Phi) is 5.42. The van der Waals surface area contributed by atoms with Gasteiger partial charge in [-0.1, -0.05) is 28.1 Å². The molecule has 2 aromatic rings. The standard InChI is InChI=1S/C17H19BrN4O2/c18-14-3-1-13(2-4-14)12-21-9-7-15(8-10-21)20-17-6-5-16(11-19-17)22(23)24/h1-6,11,15H,7-10,12H2,(H,19,20). The van der Waals surface area contributed by atoms with Crippen LogP contribution in [0, 0.1) is 10.1 Å². The van der Waals surface area contributed by atoms with E-state index in [1.54, 1.807) is 6.07 Å². The van der Waals surface area contributed by atoms with Crippen molar-refractivity contribution in [1.82, 2.24) is 9.88 Å². The van der Waals surface area contributed by atoms with Gasteiger partial charge in [0.1, 0.15) is 12.0 Å². The third-order valence-corrected chi connectivity index (χ3v) is 4.75. The summed E-state index contributed by atoms with van der Waals surface area (Å²) in [5.41, 5.74) is 1.34. The smallest absolute Gasteiger partial charge is 0.287 e. The van der Waals surface area contributed by atoms with Crippen LogP contribution >= 0.6 is 15.9 Å². The molecule has 1 N–H and O–H groups in total. The zero-order chi connectivity index (χ0) is 16.9. The van der Waals surface area contributed by atoms with Gasteiger partial charge in [-0.3, -0.25) is 15.0 Å². The lowest BCUT2D eigenvalue weighted by Gasteiger charge is -2.32. The molecule has 1 aromatic heterocycles. The van der Waals surface area contributed by atoms with Gasteiger partial charge in [0, 0.05) is 36.2 Å². The highest BCUT2D eigenvalue weighted by atomic mass is 79.9. The lowest BCUT2D eigenvalue weighted by Crippen LogP contribution is -2.38. The van der Waals surface area contributed by atoms with Gasteiger partial charge in [0.25, 0.3) is 5.69 Å². The Hall–Kier alpha value is -1.99. The molecule has 0 bridgehead atoms. The van der Waals surface area contributed by atoms with E-state index in [2.05, 4.69) is 55.4 Å². The van der Waals surface area contributed by atoms with E-state index in [0.29, 0.717) is 11.9 Å². The Bertz CT molecular complexity index is 683. The molecule has 24 heavy (non-hydrogen) atoms. The molecule has 0 atom stereocenters. The van der Waals surface area contributed by atoms with E-state index in [-0.39, 0.29) is 5.69 Å². The topological polar surface area (TPSA) is 71.3 Å². The van der Waals surface area contributed by atoms with Gasteiger partial charge < -0.3 is 5.32 Å². The Balaban J connectivity index is 1.48. The van der Waals surface area contributed by atoms with E-state index in [1.807, 2.05) is 0 Å². The fraction of sp³-hybridized carbons (Fsp3) is 0.353. The number of rotatable bonds is 5. The molecule has 1 saturated heterocycles. The number of aromatic nitrogens is 1. The van der Waals surface area contributed by atoms with Gasteiger partial charge in [-0.15, -0.1) is 0 Å². The summed E-state index contributed by atoms with van der Waals surface area (Å²) in [6.07, 6.45) is 3.37. The number of nitrogens with one attached hydrogen (secondary N) is 1. The molecule has 1 fully saturated rings. The van der Waals surface area contributed by atoms with Crippen LogP contribution in [0.1, 0.15) is 18.4 Å². The minimum atomic E-state index is -0.433. The predicted molar refractivity (Wildman–Crippen MR) is 97.0 cm³/mol. The van der Waals surface area contributed by atoms with E-state index in [1.165, 1.54) is 17.8 Å². The summed E-state index contributed by atoms with van der Waals surface area (Å²) in [6.45, 7) is 3.03. The number of nitro groups is 1. The molecule has 0 spiro atoms. The highest BCUT2D eigenvalue weighted by molar-refractivity contribution is 9.10. The second kappa shape index (κ2) is 7.72. The number of likely N-dealkylation sites (tertiary alicyclic amines) is 1. The Labute approximate surface area is 149 Å². The number of hydrogen-bond acceptors (Lipinski definition) is 5. The van der Waals surface area contributed by atoms with Gasteiger partial charge in [0.05, 0.1) is 4.92 Å². The van der Waals surface area contributed by atoms with Crippen molar-refractivity contribution in [2.24, 2.45) is 0 Å². The van der Waals surface area contributed by atoms with E-state index in [0.717, 1.165) is 36.9 Å². The van der Waals surface area contributed by atoms with Gasteiger partial charge >= 0.3 is 0 Å². The molecule has 6 nitrogen and oxygen atoms in total. The van der Waals surface area contributed by atoms with Crippen LogP contribution in [0.4, 0.5) is 11.5 Å². The van der Waals surface area contributed by atoms with E-state index in [4.69, 9.17) is 0 Å². The van der Waals surface area contributed by atoms with E-state index in [9.17, 15) is 10.1 Å². The minimum Gasteiger partial charge on any atom is -0.367 e. The predicted octanol–water partition coefficient (Wildman–Crippen LogP) is 3.83. The largest absolute Gasteiger partial charge is 0.367 e. The molecule has 1 aliphatic heterocycles. The van der Waals surface area contributed by atoms with Gasteiger partial charge in [0.15, 0.2) is 0 Å². The van der Waals surface area contributed by atoms with Gasteiger partial charge in [0.2, 0.25) is 0 Å². The van der Waals surface area contributed by atoms with Crippen molar-refractivity contribution in [3.63, 3.8) is 0 Å². The second-order valence-corrected chi connectivity index (χ2v) is 6.90. The fourth-order valence-electron chi connectivity index (χ4n) is 2.87. The quantitative estimate of drug-likeness (QED) is 0.620. The lowest BCUT2D eigenvalue weighted by molar-refractivity contribution is -0.385. The summed E-state index contributed by atoms with van der Waals surface area (Å²) in [7, 11) is 0. The number of nitrogens with zero attached hydrogens (tertiary/aromatic N) is 3. The Morgan fingerprint density at radius 1 is 1.21 bits per heavy atom. The molecule has 3 rings (SSSR count). The number of benzene rings is 1. The molecule has 0 unspecified atom stereocenters. The van der Waals surface area contributed by atoms with Crippen molar-refractivity contribution < 1.29 is 4.92 Å². The molecule has 0 saturated carbocycles.